The molecule has 7 heteroatoms. The molecule has 7 nitrogen and oxygen atoms in total. The van der Waals surface area contributed by atoms with Gasteiger partial charge in [0.1, 0.15) is 0 Å². The minimum Gasteiger partial charge on any atom is -0.376 e. The lowest BCUT2D eigenvalue weighted by Crippen LogP contribution is -2.27. The van der Waals surface area contributed by atoms with E-state index in [0.717, 1.165) is 11.3 Å². The van der Waals surface area contributed by atoms with Crippen molar-refractivity contribution in [1.29, 1.82) is 0 Å². The van der Waals surface area contributed by atoms with Gasteiger partial charge in [0.25, 0.3) is 11.6 Å². The van der Waals surface area contributed by atoms with Gasteiger partial charge in [-0.05, 0) is 25.5 Å². The maximum Gasteiger partial charge on any atom is 0.270 e. The molecular formula is C17H18N4O3. The van der Waals surface area contributed by atoms with Crippen LogP contribution in [-0.2, 0) is 4.79 Å². The predicted octanol–water partition coefficient (Wildman–Crippen LogP) is 2.86. The third-order valence-electron chi connectivity index (χ3n) is 3.41. The number of nitrogens with zero attached hydrogens (tertiary/aromatic N) is 2. The van der Waals surface area contributed by atoms with Gasteiger partial charge in [-0.1, -0.05) is 30.3 Å². The molecule has 2 rings (SSSR count). The number of non-ortho nitro benzene ring substituents is 1. The van der Waals surface area contributed by atoms with Crippen molar-refractivity contribution in [1.82, 2.24) is 5.43 Å². The average Bonchev–Trinajstić information content (AvgIpc) is 2.59. The van der Waals surface area contributed by atoms with Gasteiger partial charge in [-0.3, -0.25) is 14.9 Å². The number of nitro benzene ring substituents is 1. The summed E-state index contributed by atoms with van der Waals surface area (Å²) in [6.45, 7) is 3.70. The highest BCUT2D eigenvalue weighted by molar-refractivity contribution is 5.99. The Balaban J connectivity index is 1.94. The predicted molar refractivity (Wildman–Crippen MR) is 93.1 cm³/mol. The van der Waals surface area contributed by atoms with Crippen LogP contribution >= 0.6 is 0 Å². The van der Waals surface area contributed by atoms with Gasteiger partial charge in [0.2, 0.25) is 0 Å². The molecule has 0 saturated carbocycles. The zero-order chi connectivity index (χ0) is 17.5. The normalized spacial score (nSPS) is 11.0. The Bertz CT molecular complexity index is 787. The number of rotatable bonds is 6. The number of hydrogen-bond acceptors (Lipinski definition) is 5. The fourth-order valence-corrected chi connectivity index (χ4v) is 2.04. The third-order valence-corrected chi connectivity index (χ3v) is 3.41. The Labute approximate surface area is 139 Å². The molecule has 2 aromatic carbocycles. The summed E-state index contributed by atoms with van der Waals surface area (Å²) in [4.78, 5) is 22.2. The molecule has 0 aliphatic carbocycles. The van der Waals surface area contributed by atoms with Gasteiger partial charge in [0.05, 0.1) is 17.2 Å². The van der Waals surface area contributed by atoms with Gasteiger partial charge in [0.15, 0.2) is 0 Å². The van der Waals surface area contributed by atoms with Crippen LogP contribution in [0.15, 0.2) is 53.6 Å². The lowest BCUT2D eigenvalue weighted by molar-refractivity contribution is -0.384. The number of aryl methyl sites for hydroxylation is 1. The molecule has 0 aliphatic rings. The molecule has 0 heterocycles. The highest BCUT2D eigenvalue weighted by atomic mass is 16.6. The molecule has 0 unspecified atom stereocenters. The number of para-hydroxylation sites is 1. The maximum atomic E-state index is 11.8. The van der Waals surface area contributed by atoms with Crippen LogP contribution in [0.3, 0.4) is 0 Å². The molecule has 0 spiro atoms. The van der Waals surface area contributed by atoms with Crippen LogP contribution in [0.25, 0.3) is 0 Å². The van der Waals surface area contributed by atoms with E-state index in [-0.39, 0.29) is 18.1 Å². The van der Waals surface area contributed by atoms with E-state index in [1.807, 2.05) is 31.2 Å². The van der Waals surface area contributed by atoms with Crippen LogP contribution in [0.1, 0.15) is 18.1 Å². The van der Waals surface area contributed by atoms with Crippen molar-refractivity contribution < 1.29 is 9.72 Å². The average molecular weight is 326 g/mol. The minimum absolute atomic E-state index is 0.0189. The summed E-state index contributed by atoms with van der Waals surface area (Å²) in [6.07, 6.45) is 0. The molecule has 0 atom stereocenters. The Kier molecular flexibility index (Phi) is 5.62. The first-order chi connectivity index (χ1) is 11.5. The van der Waals surface area contributed by atoms with Gasteiger partial charge >= 0.3 is 0 Å². The zero-order valence-corrected chi connectivity index (χ0v) is 13.4. The van der Waals surface area contributed by atoms with E-state index in [9.17, 15) is 14.9 Å². The molecule has 2 N–H and O–H groups in total. The number of carbonyl (C=O) groups is 1. The van der Waals surface area contributed by atoms with Gasteiger partial charge in [-0.15, -0.1) is 0 Å². The molecule has 0 radical (unpaired) electrons. The number of anilines is 1. The van der Waals surface area contributed by atoms with Crippen molar-refractivity contribution in [3.63, 3.8) is 0 Å². The van der Waals surface area contributed by atoms with E-state index in [4.69, 9.17) is 0 Å². The number of carbonyl (C=O) groups excluding carboxylic acids is 1. The van der Waals surface area contributed by atoms with Crippen molar-refractivity contribution in [3.05, 3.63) is 69.8 Å². The Hall–Kier alpha value is -3.22. The zero-order valence-electron chi connectivity index (χ0n) is 13.4. The summed E-state index contributed by atoms with van der Waals surface area (Å²) in [5.41, 5.74) is 5.41. The van der Waals surface area contributed by atoms with Crippen LogP contribution in [0.4, 0.5) is 11.4 Å². The minimum atomic E-state index is -0.471. The molecule has 0 fully saturated rings. The monoisotopic (exact) mass is 326 g/mol. The number of amides is 1. The maximum absolute atomic E-state index is 11.8. The standard InChI is InChI=1S/C17H18N4O3/c1-12-6-3-4-9-16(12)18-11-17(22)20-19-13(2)14-7-5-8-15(10-14)21(23)24/h3-10,18H,11H2,1-2H3,(H,20,22)/b19-13-. The second-order valence-electron chi connectivity index (χ2n) is 5.21. The smallest absolute Gasteiger partial charge is 0.270 e. The summed E-state index contributed by atoms with van der Waals surface area (Å²) in [5, 5.41) is 17.8. The third kappa shape index (κ3) is 4.64. The number of nitro groups is 1. The van der Waals surface area contributed by atoms with Crippen LogP contribution < -0.4 is 10.7 Å². The van der Waals surface area contributed by atoms with Crippen molar-refractivity contribution in [3.8, 4) is 0 Å². The summed E-state index contributed by atoms with van der Waals surface area (Å²) in [5.74, 6) is -0.303. The van der Waals surface area contributed by atoms with Crippen molar-refractivity contribution in [2.24, 2.45) is 5.10 Å². The second kappa shape index (κ2) is 7.87. The topological polar surface area (TPSA) is 96.6 Å². The first-order valence-corrected chi connectivity index (χ1v) is 7.35. The van der Waals surface area contributed by atoms with E-state index in [2.05, 4.69) is 15.8 Å². The van der Waals surface area contributed by atoms with E-state index in [1.54, 1.807) is 19.1 Å². The molecule has 0 aromatic heterocycles. The molecule has 0 saturated heterocycles. The lowest BCUT2D eigenvalue weighted by atomic mass is 10.1. The van der Waals surface area contributed by atoms with Gasteiger partial charge in [-0.25, -0.2) is 5.43 Å². The van der Waals surface area contributed by atoms with E-state index >= 15 is 0 Å². The summed E-state index contributed by atoms with van der Waals surface area (Å²) in [6, 6.07) is 13.7. The SMILES string of the molecule is C/C(=N/NC(=O)CNc1ccccc1C)c1cccc([N+](=O)[O-])c1. The molecule has 24 heavy (non-hydrogen) atoms. The van der Waals surface area contributed by atoms with Crippen molar-refractivity contribution >= 4 is 23.0 Å². The van der Waals surface area contributed by atoms with Crippen molar-refractivity contribution in [2.75, 3.05) is 11.9 Å². The van der Waals surface area contributed by atoms with Crippen LogP contribution in [0.2, 0.25) is 0 Å². The quantitative estimate of drug-likeness (QED) is 0.484. The van der Waals surface area contributed by atoms with E-state index in [1.165, 1.54) is 12.1 Å². The Morgan fingerprint density at radius 2 is 1.96 bits per heavy atom. The number of benzene rings is 2. The summed E-state index contributed by atoms with van der Waals surface area (Å²) < 4.78 is 0. The molecule has 2 aromatic rings. The summed E-state index contributed by atoms with van der Waals surface area (Å²) in [7, 11) is 0. The fraction of sp³-hybridized carbons (Fsp3) is 0.176. The fourth-order valence-electron chi connectivity index (χ4n) is 2.04. The van der Waals surface area contributed by atoms with Crippen LogP contribution in [-0.4, -0.2) is 23.1 Å². The highest BCUT2D eigenvalue weighted by Gasteiger charge is 2.08. The molecule has 0 bridgehead atoms. The van der Waals surface area contributed by atoms with Crippen LogP contribution in [0.5, 0.6) is 0 Å². The van der Waals surface area contributed by atoms with Crippen molar-refractivity contribution in [2.45, 2.75) is 13.8 Å². The van der Waals surface area contributed by atoms with Gasteiger partial charge in [0, 0.05) is 23.4 Å². The highest BCUT2D eigenvalue weighted by Crippen LogP contribution is 2.14. The lowest BCUT2D eigenvalue weighted by Gasteiger charge is -2.08. The van der Waals surface area contributed by atoms with Crippen LogP contribution in [0, 0.1) is 17.0 Å². The Morgan fingerprint density at radius 3 is 2.67 bits per heavy atom. The first-order valence-electron chi connectivity index (χ1n) is 7.35. The number of nitrogens with one attached hydrogen (secondary N) is 2. The van der Waals surface area contributed by atoms with E-state index < -0.39 is 4.92 Å². The van der Waals surface area contributed by atoms with E-state index in [0.29, 0.717) is 11.3 Å². The Morgan fingerprint density at radius 1 is 1.21 bits per heavy atom. The number of hydrogen-bond donors (Lipinski definition) is 2. The van der Waals surface area contributed by atoms with Gasteiger partial charge < -0.3 is 5.32 Å². The summed E-state index contributed by atoms with van der Waals surface area (Å²) >= 11 is 0. The molecule has 1 amide bonds. The molecule has 0 aliphatic heterocycles. The number of hydrazone groups is 1. The first kappa shape index (κ1) is 17.1. The largest absolute Gasteiger partial charge is 0.376 e. The molecular weight excluding hydrogens is 308 g/mol. The second-order valence-corrected chi connectivity index (χ2v) is 5.21. The van der Waals surface area contributed by atoms with Gasteiger partial charge in [-0.2, -0.15) is 5.10 Å². The molecule has 124 valence electrons.